The molecule has 76 valence electrons. The molecule has 0 aromatic carbocycles. The molecule has 2 N–H and O–H groups in total. The highest BCUT2D eigenvalue weighted by Crippen LogP contribution is 2.16. The van der Waals surface area contributed by atoms with Gasteiger partial charge in [-0.25, -0.2) is 19.9 Å². The molecule has 0 unspecified atom stereocenters. The Hall–Kier alpha value is -2.04. The van der Waals surface area contributed by atoms with Crippen molar-refractivity contribution in [2.75, 3.05) is 5.73 Å². The second-order valence-electron chi connectivity index (χ2n) is 3.08. The molecule has 0 atom stereocenters. The molecule has 0 radical (unpaired) electrons. The van der Waals surface area contributed by atoms with Gasteiger partial charge in [-0.15, -0.1) is 0 Å². The third-order valence-electron chi connectivity index (χ3n) is 2.02. The van der Waals surface area contributed by atoms with E-state index in [9.17, 15) is 0 Å². The van der Waals surface area contributed by atoms with Gasteiger partial charge in [-0.3, -0.25) is 0 Å². The molecule has 0 fully saturated rings. The molecule has 0 spiro atoms. The zero-order chi connectivity index (χ0) is 10.7. The summed E-state index contributed by atoms with van der Waals surface area (Å²) in [4.78, 5) is 16.1. The summed E-state index contributed by atoms with van der Waals surface area (Å²) in [7, 11) is 0. The summed E-state index contributed by atoms with van der Waals surface area (Å²) in [6.07, 6.45) is 5.71. The lowest BCUT2D eigenvalue weighted by Gasteiger charge is -2.03. The van der Waals surface area contributed by atoms with E-state index in [4.69, 9.17) is 5.73 Å². The number of hydrogen-bond acceptors (Lipinski definition) is 5. The minimum Gasteiger partial charge on any atom is -0.368 e. The molecule has 2 rings (SSSR count). The Bertz CT molecular complexity index is 455. The van der Waals surface area contributed by atoms with E-state index < -0.39 is 0 Å². The lowest BCUT2D eigenvalue weighted by Crippen LogP contribution is -2.00. The first-order valence-corrected chi connectivity index (χ1v) is 4.68. The fourth-order valence-corrected chi connectivity index (χ4v) is 1.28. The average molecular weight is 201 g/mol. The first kappa shape index (κ1) is 9.51. The molecule has 0 aliphatic rings. The first-order valence-electron chi connectivity index (χ1n) is 4.68. The first-order chi connectivity index (χ1) is 7.29. The van der Waals surface area contributed by atoms with E-state index in [0.29, 0.717) is 0 Å². The van der Waals surface area contributed by atoms with Crippen LogP contribution in [-0.2, 0) is 6.42 Å². The molecule has 0 amide bonds. The van der Waals surface area contributed by atoms with Crippen molar-refractivity contribution in [1.29, 1.82) is 0 Å². The lowest BCUT2D eigenvalue weighted by molar-refractivity contribution is 1.01. The standard InChI is InChI=1S/C10H11N5/c1-2-8-3-9(15-10(11)14-8)7-4-12-6-13-5-7/h3-6H,2H2,1H3,(H2,11,14,15). The van der Waals surface area contributed by atoms with Crippen molar-refractivity contribution in [1.82, 2.24) is 19.9 Å². The summed E-state index contributed by atoms with van der Waals surface area (Å²) in [5, 5.41) is 0. The van der Waals surface area contributed by atoms with Crippen LogP contribution < -0.4 is 5.73 Å². The number of aryl methyl sites for hydroxylation is 1. The Morgan fingerprint density at radius 3 is 2.60 bits per heavy atom. The van der Waals surface area contributed by atoms with Crippen LogP contribution in [0.25, 0.3) is 11.3 Å². The maximum atomic E-state index is 5.61. The summed E-state index contributed by atoms with van der Waals surface area (Å²) >= 11 is 0. The van der Waals surface area contributed by atoms with Crippen LogP contribution in [-0.4, -0.2) is 19.9 Å². The van der Waals surface area contributed by atoms with Crippen LogP contribution in [0.15, 0.2) is 24.8 Å². The van der Waals surface area contributed by atoms with Crippen molar-refractivity contribution in [3.8, 4) is 11.3 Å². The van der Waals surface area contributed by atoms with E-state index in [1.165, 1.54) is 6.33 Å². The molecule has 2 heterocycles. The minimum absolute atomic E-state index is 0.285. The second-order valence-corrected chi connectivity index (χ2v) is 3.08. The van der Waals surface area contributed by atoms with Gasteiger partial charge in [0, 0.05) is 23.7 Å². The topological polar surface area (TPSA) is 77.6 Å². The van der Waals surface area contributed by atoms with Gasteiger partial charge in [0.25, 0.3) is 0 Å². The Balaban J connectivity index is 2.49. The molecule has 0 bridgehead atoms. The van der Waals surface area contributed by atoms with Crippen molar-refractivity contribution in [2.45, 2.75) is 13.3 Å². The second kappa shape index (κ2) is 4.00. The highest BCUT2D eigenvalue weighted by molar-refractivity contribution is 5.58. The van der Waals surface area contributed by atoms with Crippen LogP contribution >= 0.6 is 0 Å². The highest BCUT2D eigenvalue weighted by Gasteiger charge is 2.03. The van der Waals surface area contributed by atoms with Crippen LogP contribution in [0.5, 0.6) is 0 Å². The molecule has 0 saturated carbocycles. The molecular weight excluding hydrogens is 190 g/mol. The van der Waals surface area contributed by atoms with E-state index in [0.717, 1.165) is 23.4 Å². The largest absolute Gasteiger partial charge is 0.368 e. The van der Waals surface area contributed by atoms with Crippen molar-refractivity contribution in [3.63, 3.8) is 0 Å². The third kappa shape index (κ3) is 2.07. The number of nitrogens with two attached hydrogens (primary N) is 1. The van der Waals surface area contributed by atoms with Gasteiger partial charge >= 0.3 is 0 Å². The van der Waals surface area contributed by atoms with E-state index >= 15 is 0 Å². The minimum atomic E-state index is 0.285. The zero-order valence-corrected chi connectivity index (χ0v) is 8.38. The van der Waals surface area contributed by atoms with Gasteiger partial charge in [-0.1, -0.05) is 6.92 Å². The van der Waals surface area contributed by atoms with Crippen molar-refractivity contribution in [2.24, 2.45) is 0 Å². The predicted molar refractivity (Wildman–Crippen MR) is 56.8 cm³/mol. The lowest BCUT2D eigenvalue weighted by atomic mass is 10.2. The van der Waals surface area contributed by atoms with Crippen LogP contribution in [0.4, 0.5) is 5.95 Å². The predicted octanol–water partition coefficient (Wildman–Crippen LogP) is 1.08. The Morgan fingerprint density at radius 1 is 1.20 bits per heavy atom. The highest BCUT2D eigenvalue weighted by atomic mass is 15.0. The number of rotatable bonds is 2. The Kier molecular flexibility index (Phi) is 2.53. The van der Waals surface area contributed by atoms with Crippen molar-refractivity contribution in [3.05, 3.63) is 30.5 Å². The van der Waals surface area contributed by atoms with E-state index in [-0.39, 0.29) is 5.95 Å². The smallest absolute Gasteiger partial charge is 0.220 e. The van der Waals surface area contributed by atoms with Crippen LogP contribution in [0.2, 0.25) is 0 Å². The van der Waals surface area contributed by atoms with Gasteiger partial charge in [0.2, 0.25) is 5.95 Å². The van der Waals surface area contributed by atoms with Gasteiger partial charge in [0.15, 0.2) is 0 Å². The van der Waals surface area contributed by atoms with Gasteiger partial charge in [0.1, 0.15) is 6.33 Å². The SMILES string of the molecule is CCc1cc(-c2cncnc2)nc(N)n1. The molecule has 2 aromatic heterocycles. The maximum absolute atomic E-state index is 5.61. The Labute approximate surface area is 87.4 Å². The van der Waals surface area contributed by atoms with Crippen LogP contribution in [0, 0.1) is 0 Å². The zero-order valence-electron chi connectivity index (χ0n) is 8.38. The molecule has 5 heteroatoms. The van der Waals surface area contributed by atoms with Gasteiger partial charge < -0.3 is 5.73 Å². The van der Waals surface area contributed by atoms with Crippen molar-refractivity contribution < 1.29 is 0 Å². The van der Waals surface area contributed by atoms with Crippen LogP contribution in [0.3, 0.4) is 0 Å². The summed E-state index contributed by atoms with van der Waals surface area (Å²) in [5.41, 5.74) is 8.14. The maximum Gasteiger partial charge on any atom is 0.220 e. The molecule has 0 saturated heterocycles. The summed E-state index contributed by atoms with van der Waals surface area (Å²) in [5.74, 6) is 0.285. The number of hydrogen-bond donors (Lipinski definition) is 1. The molecule has 15 heavy (non-hydrogen) atoms. The quantitative estimate of drug-likeness (QED) is 0.786. The molecular formula is C10H11N5. The fraction of sp³-hybridized carbons (Fsp3) is 0.200. The number of nitrogen functional groups attached to an aromatic ring is 1. The summed E-state index contributed by atoms with van der Waals surface area (Å²) < 4.78 is 0. The summed E-state index contributed by atoms with van der Waals surface area (Å²) in [6.45, 7) is 2.02. The van der Waals surface area contributed by atoms with Crippen molar-refractivity contribution >= 4 is 5.95 Å². The molecule has 2 aromatic rings. The average Bonchev–Trinajstić information content (AvgIpc) is 2.29. The Morgan fingerprint density at radius 2 is 1.93 bits per heavy atom. The summed E-state index contributed by atoms with van der Waals surface area (Å²) in [6, 6.07) is 1.90. The van der Waals surface area contributed by atoms with E-state index in [2.05, 4.69) is 19.9 Å². The normalized spacial score (nSPS) is 10.2. The van der Waals surface area contributed by atoms with Gasteiger partial charge in [0.05, 0.1) is 5.69 Å². The number of aromatic nitrogens is 4. The van der Waals surface area contributed by atoms with Gasteiger partial charge in [-0.05, 0) is 12.5 Å². The molecule has 5 nitrogen and oxygen atoms in total. The van der Waals surface area contributed by atoms with E-state index in [1.807, 2.05) is 13.0 Å². The van der Waals surface area contributed by atoms with Gasteiger partial charge in [-0.2, -0.15) is 0 Å². The third-order valence-corrected chi connectivity index (χ3v) is 2.02. The molecule has 0 aliphatic heterocycles. The van der Waals surface area contributed by atoms with E-state index in [1.54, 1.807) is 12.4 Å². The molecule has 0 aliphatic carbocycles. The fourth-order valence-electron chi connectivity index (χ4n) is 1.28. The number of anilines is 1. The van der Waals surface area contributed by atoms with Crippen LogP contribution in [0.1, 0.15) is 12.6 Å². The monoisotopic (exact) mass is 201 g/mol. The number of nitrogens with zero attached hydrogens (tertiary/aromatic N) is 4.